The number of hydrogen-bond acceptors (Lipinski definition) is 4. The molecule has 2 rings (SSSR count). The Morgan fingerprint density at radius 1 is 1.30 bits per heavy atom. The number of hydrogen-bond donors (Lipinski definition) is 2. The van der Waals surface area contributed by atoms with Crippen molar-refractivity contribution in [1.29, 1.82) is 0 Å². The van der Waals surface area contributed by atoms with Gasteiger partial charge >= 0.3 is 0 Å². The minimum absolute atomic E-state index is 0.0844. The van der Waals surface area contributed by atoms with Crippen molar-refractivity contribution in [2.24, 2.45) is 0 Å². The Labute approximate surface area is 121 Å². The van der Waals surface area contributed by atoms with Gasteiger partial charge in [-0.25, -0.2) is 13.1 Å². The maximum atomic E-state index is 12.5. The van der Waals surface area contributed by atoms with E-state index in [0.29, 0.717) is 29.0 Å². The van der Waals surface area contributed by atoms with Gasteiger partial charge in [-0.3, -0.25) is 0 Å². The first-order chi connectivity index (χ1) is 9.35. The molecule has 1 unspecified atom stereocenters. The molecule has 5 nitrogen and oxygen atoms in total. The highest BCUT2D eigenvalue weighted by Crippen LogP contribution is 2.28. The summed E-state index contributed by atoms with van der Waals surface area (Å²) in [5, 5.41) is 3.35. The van der Waals surface area contributed by atoms with E-state index in [1.807, 2.05) is 20.8 Å². The Balaban J connectivity index is 2.28. The standard InChI is InChI=1S/C14H24N2O3S/c1-5-9(2)16-20(17,18)14-11(4)19-10(3)13(14)8-15-12-6-7-12/h9,12,15-16H,5-8H2,1-4H3. The highest BCUT2D eigenvalue weighted by molar-refractivity contribution is 7.89. The maximum Gasteiger partial charge on any atom is 0.244 e. The second kappa shape index (κ2) is 5.87. The third kappa shape index (κ3) is 3.42. The van der Waals surface area contributed by atoms with Crippen LogP contribution in [0.5, 0.6) is 0 Å². The lowest BCUT2D eigenvalue weighted by molar-refractivity contribution is 0.492. The zero-order valence-electron chi connectivity index (χ0n) is 12.6. The van der Waals surface area contributed by atoms with Crippen LogP contribution in [0.3, 0.4) is 0 Å². The van der Waals surface area contributed by atoms with Crippen molar-refractivity contribution in [1.82, 2.24) is 10.0 Å². The van der Waals surface area contributed by atoms with E-state index in [1.165, 1.54) is 12.8 Å². The molecular formula is C14H24N2O3S. The van der Waals surface area contributed by atoms with Gasteiger partial charge in [0.2, 0.25) is 10.0 Å². The van der Waals surface area contributed by atoms with E-state index in [2.05, 4.69) is 10.0 Å². The molecule has 0 spiro atoms. The summed E-state index contributed by atoms with van der Waals surface area (Å²) in [4.78, 5) is 0.309. The van der Waals surface area contributed by atoms with Crippen LogP contribution >= 0.6 is 0 Å². The molecule has 114 valence electrons. The van der Waals surface area contributed by atoms with Gasteiger partial charge in [-0.1, -0.05) is 6.92 Å². The molecule has 0 saturated heterocycles. The Morgan fingerprint density at radius 2 is 1.95 bits per heavy atom. The summed E-state index contributed by atoms with van der Waals surface area (Å²) in [6.45, 7) is 7.89. The molecule has 1 aliphatic rings. The number of rotatable bonds is 7. The molecule has 0 aromatic carbocycles. The number of nitrogens with one attached hydrogen (secondary N) is 2. The number of furan rings is 1. The predicted molar refractivity (Wildman–Crippen MR) is 78.1 cm³/mol. The first-order valence-electron chi connectivity index (χ1n) is 7.19. The van der Waals surface area contributed by atoms with Crippen LogP contribution in [0.1, 0.15) is 50.2 Å². The smallest absolute Gasteiger partial charge is 0.244 e. The van der Waals surface area contributed by atoms with Crippen molar-refractivity contribution in [2.75, 3.05) is 0 Å². The monoisotopic (exact) mass is 300 g/mol. The molecular weight excluding hydrogens is 276 g/mol. The molecule has 1 fully saturated rings. The van der Waals surface area contributed by atoms with Gasteiger partial charge in [0.25, 0.3) is 0 Å². The Bertz CT molecular complexity index is 573. The van der Waals surface area contributed by atoms with Gasteiger partial charge in [0.05, 0.1) is 0 Å². The molecule has 0 aliphatic heterocycles. The van der Waals surface area contributed by atoms with Gasteiger partial charge in [-0.2, -0.15) is 0 Å². The molecule has 6 heteroatoms. The summed E-state index contributed by atoms with van der Waals surface area (Å²) in [5.74, 6) is 1.14. The van der Waals surface area contributed by atoms with E-state index < -0.39 is 10.0 Å². The lowest BCUT2D eigenvalue weighted by Crippen LogP contribution is -2.33. The summed E-state index contributed by atoms with van der Waals surface area (Å²) in [6, 6.07) is 0.446. The van der Waals surface area contributed by atoms with Crippen molar-refractivity contribution >= 4 is 10.0 Å². The van der Waals surface area contributed by atoms with Gasteiger partial charge in [0.15, 0.2) is 0 Å². The van der Waals surface area contributed by atoms with E-state index in [1.54, 1.807) is 6.92 Å². The Kier molecular flexibility index (Phi) is 4.56. The molecule has 2 N–H and O–H groups in total. The Hall–Kier alpha value is -0.850. The van der Waals surface area contributed by atoms with Gasteiger partial charge < -0.3 is 9.73 Å². The lowest BCUT2D eigenvalue weighted by atomic mass is 10.2. The predicted octanol–water partition coefficient (Wildman–Crippen LogP) is 2.23. The number of sulfonamides is 1. The zero-order valence-corrected chi connectivity index (χ0v) is 13.4. The fourth-order valence-electron chi connectivity index (χ4n) is 2.21. The van der Waals surface area contributed by atoms with Crippen molar-refractivity contribution in [3.8, 4) is 0 Å². The van der Waals surface area contributed by atoms with E-state index in [9.17, 15) is 8.42 Å². The highest BCUT2D eigenvalue weighted by atomic mass is 32.2. The third-order valence-electron chi connectivity index (χ3n) is 3.71. The zero-order chi connectivity index (χ0) is 14.9. The topological polar surface area (TPSA) is 71.3 Å². The normalized spacial score (nSPS) is 17.4. The van der Waals surface area contributed by atoms with E-state index in [-0.39, 0.29) is 6.04 Å². The molecule has 0 amide bonds. The molecule has 1 atom stereocenters. The number of aryl methyl sites for hydroxylation is 2. The van der Waals surface area contributed by atoms with Crippen LogP contribution in [-0.4, -0.2) is 20.5 Å². The summed E-state index contributed by atoms with van der Waals surface area (Å²) in [6.07, 6.45) is 3.09. The van der Waals surface area contributed by atoms with Gasteiger partial charge in [0.1, 0.15) is 16.4 Å². The molecule has 1 aromatic rings. The van der Waals surface area contributed by atoms with E-state index in [0.717, 1.165) is 12.0 Å². The van der Waals surface area contributed by atoms with Crippen molar-refractivity contribution in [2.45, 2.75) is 70.5 Å². The average molecular weight is 300 g/mol. The van der Waals surface area contributed by atoms with Crippen LogP contribution < -0.4 is 10.0 Å². The van der Waals surface area contributed by atoms with Gasteiger partial charge in [-0.05, 0) is 40.0 Å². The van der Waals surface area contributed by atoms with Crippen LogP contribution in [0.25, 0.3) is 0 Å². The molecule has 1 aromatic heterocycles. The summed E-state index contributed by atoms with van der Waals surface area (Å²) in [5.41, 5.74) is 0.755. The molecule has 1 heterocycles. The van der Waals surface area contributed by atoms with Crippen LogP contribution in [0.15, 0.2) is 9.31 Å². The molecule has 1 aliphatic carbocycles. The quantitative estimate of drug-likeness (QED) is 0.810. The first-order valence-corrected chi connectivity index (χ1v) is 8.68. The SMILES string of the molecule is CCC(C)NS(=O)(=O)c1c(C)oc(C)c1CNC1CC1. The fourth-order valence-corrected chi connectivity index (χ4v) is 3.98. The molecule has 0 bridgehead atoms. The summed E-state index contributed by atoms with van der Waals surface area (Å²) in [7, 11) is -3.52. The van der Waals surface area contributed by atoms with Crippen molar-refractivity contribution < 1.29 is 12.8 Å². The van der Waals surface area contributed by atoms with Gasteiger partial charge in [0, 0.05) is 24.2 Å². The first kappa shape index (κ1) is 15.5. The van der Waals surface area contributed by atoms with Gasteiger partial charge in [-0.15, -0.1) is 0 Å². The van der Waals surface area contributed by atoms with Crippen LogP contribution in [-0.2, 0) is 16.6 Å². The van der Waals surface area contributed by atoms with Crippen molar-refractivity contribution in [3.63, 3.8) is 0 Å². The van der Waals surface area contributed by atoms with E-state index in [4.69, 9.17) is 4.42 Å². The van der Waals surface area contributed by atoms with Crippen molar-refractivity contribution in [3.05, 3.63) is 17.1 Å². The summed E-state index contributed by atoms with van der Waals surface area (Å²) >= 11 is 0. The fraction of sp³-hybridized carbons (Fsp3) is 0.714. The van der Waals surface area contributed by atoms with Crippen LogP contribution in [0.2, 0.25) is 0 Å². The minimum atomic E-state index is -3.52. The lowest BCUT2D eigenvalue weighted by Gasteiger charge is -2.13. The Morgan fingerprint density at radius 3 is 2.50 bits per heavy atom. The van der Waals surface area contributed by atoms with Crippen LogP contribution in [0, 0.1) is 13.8 Å². The second-order valence-corrected chi connectivity index (χ2v) is 7.26. The highest BCUT2D eigenvalue weighted by Gasteiger charge is 2.29. The average Bonchev–Trinajstić information content (AvgIpc) is 3.12. The maximum absolute atomic E-state index is 12.5. The third-order valence-corrected chi connectivity index (χ3v) is 5.49. The minimum Gasteiger partial charge on any atom is -0.465 e. The summed E-state index contributed by atoms with van der Waals surface area (Å²) < 4.78 is 33.3. The second-order valence-electron chi connectivity index (χ2n) is 5.61. The molecule has 1 saturated carbocycles. The molecule has 0 radical (unpaired) electrons. The van der Waals surface area contributed by atoms with Crippen LogP contribution in [0.4, 0.5) is 0 Å². The largest absolute Gasteiger partial charge is 0.465 e. The molecule has 20 heavy (non-hydrogen) atoms. The van der Waals surface area contributed by atoms with E-state index >= 15 is 0 Å².